The van der Waals surface area contributed by atoms with E-state index in [1.807, 2.05) is 6.07 Å². The molecule has 0 bridgehead atoms. The third-order valence-electron chi connectivity index (χ3n) is 4.91. The molecule has 0 radical (unpaired) electrons. The normalized spacial score (nSPS) is 11.2. The molecular formula is C24H19BrN2O8S. The van der Waals surface area contributed by atoms with Crippen LogP contribution in [0.3, 0.4) is 0 Å². The molecule has 0 amide bonds. The van der Waals surface area contributed by atoms with Gasteiger partial charge in [0.05, 0.1) is 17.2 Å². The Bertz CT molecular complexity index is 1490. The molecule has 0 N–H and O–H groups in total. The number of carbonyl (C=O) groups is 1. The van der Waals surface area contributed by atoms with Crippen molar-refractivity contribution in [3.05, 3.63) is 93.6 Å². The molecule has 0 aliphatic rings. The van der Waals surface area contributed by atoms with Crippen LogP contribution in [0.5, 0.6) is 17.4 Å². The largest absolute Gasteiger partial charge is 0.497 e. The van der Waals surface area contributed by atoms with Gasteiger partial charge in [-0.15, -0.1) is 0 Å². The van der Waals surface area contributed by atoms with Gasteiger partial charge in [-0.05, 0) is 41.3 Å². The number of hydrogen-bond acceptors (Lipinski definition) is 9. The lowest BCUT2D eigenvalue weighted by Gasteiger charge is -2.11. The minimum absolute atomic E-state index is 0.0613. The molecule has 4 rings (SSSR count). The van der Waals surface area contributed by atoms with Crippen LogP contribution in [0.2, 0.25) is 0 Å². The van der Waals surface area contributed by atoms with Crippen molar-refractivity contribution in [1.29, 1.82) is 0 Å². The summed E-state index contributed by atoms with van der Waals surface area (Å²) in [5.74, 6) is 0.0163. The van der Waals surface area contributed by atoms with Crippen LogP contribution in [0, 0.1) is 5.21 Å². The monoisotopic (exact) mass is 574 g/mol. The van der Waals surface area contributed by atoms with Gasteiger partial charge in [0.25, 0.3) is 9.84 Å². The Morgan fingerprint density at radius 2 is 1.69 bits per heavy atom. The van der Waals surface area contributed by atoms with E-state index in [4.69, 9.17) is 14.2 Å². The number of aromatic nitrogens is 2. The van der Waals surface area contributed by atoms with E-state index in [0.717, 1.165) is 4.47 Å². The molecule has 0 spiro atoms. The first-order valence-corrected chi connectivity index (χ1v) is 12.7. The van der Waals surface area contributed by atoms with Gasteiger partial charge in [-0.25, -0.2) is 8.42 Å². The summed E-state index contributed by atoms with van der Waals surface area (Å²) in [6.07, 6.45) is 0. The smallest absolute Gasteiger partial charge is 0.415 e. The van der Waals surface area contributed by atoms with E-state index in [1.165, 1.54) is 31.4 Å². The summed E-state index contributed by atoms with van der Waals surface area (Å²) >= 11 is 3.35. The number of benzene rings is 3. The summed E-state index contributed by atoms with van der Waals surface area (Å²) in [5, 5.41) is 14.6. The molecule has 1 aromatic heterocycles. The second kappa shape index (κ2) is 10.8. The minimum atomic E-state index is -4.23. The third-order valence-corrected chi connectivity index (χ3v) is 7.13. The van der Waals surface area contributed by atoms with Gasteiger partial charge in [0.1, 0.15) is 24.7 Å². The van der Waals surface area contributed by atoms with Crippen molar-refractivity contribution < 1.29 is 37.0 Å². The fourth-order valence-corrected chi connectivity index (χ4v) is 4.93. The highest BCUT2D eigenvalue weighted by Gasteiger charge is 2.35. The highest BCUT2D eigenvalue weighted by molar-refractivity contribution is 9.10. The van der Waals surface area contributed by atoms with E-state index in [0.29, 0.717) is 22.6 Å². The van der Waals surface area contributed by atoms with Gasteiger partial charge in [-0.3, -0.25) is 9.42 Å². The highest BCUT2D eigenvalue weighted by atomic mass is 79.9. The van der Waals surface area contributed by atoms with Crippen molar-refractivity contribution >= 4 is 31.6 Å². The molecule has 1 heterocycles. The molecule has 0 saturated heterocycles. The highest BCUT2D eigenvalue weighted by Crippen LogP contribution is 2.27. The first-order valence-electron chi connectivity index (χ1n) is 10.4. The van der Waals surface area contributed by atoms with Gasteiger partial charge in [-0.2, -0.15) is 0 Å². The molecule has 4 aromatic rings. The number of carbonyl (C=O) groups excluding carboxylic acids is 1. The van der Waals surface area contributed by atoms with Gasteiger partial charge >= 0.3 is 10.9 Å². The van der Waals surface area contributed by atoms with E-state index in [9.17, 15) is 18.4 Å². The molecular weight excluding hydrogens is 556 g/mol. The van der Waals surface area contributed by atoms with Gasteiger partial charge in [0, 0.05) is 21.7 Å². The first-order chi connectivity index (χ1) is 17.3. The van der Waals surface area contributed by atoms with E-state index in [-0.39, 0.29) is 28.8 Å². The molecule has 12 heteroatoms. The summed E-state index contributed by atoms with van der Waals surface area (Å²) in [6, 6.07) is 19.1. The lowest BCUT2D eigenvalue weighted by molar-refractivity contribution is -0.832. The summed E-state index contributed by atoms with van der Waals surface area (Å²) in [7, 11) is -2.76. The zero-order valence-electron chi connectivity index (χ0n) is 18.8. The average Bonchev–Trinajstić information content (AvgIpc) is 3.27. The Hall–Kier alpha value is -3.90. The zero-order chi connectivity index (χ0) is 25.7. The van der Waals surface area contributed by atoms with E-state index in [1.54, 1.807) is 42.5 Å². The Labute approximate surface area is 214 Å². The predicted molar refractivity (Wildman–Crippen MR) is 129 cm³/mol. The molecule has 0 unspecified atom stereocenters. The maximum absolute atomic E-state index is 12.9. The van der Waals surface area contributed by atoms with Crippen molar-refractivity contribution in [1.82, 2.24) is 5.16 Å². The number of ketones is 1. The molecule has 36 heavy (non-hydrogen) atoms. The van der Waals surface area contributed by atoms with Crippen LogP contribution in [0.1, 0.15) is 15.9 Å². The van der Waals surface area contributed by atoms with Crippen molar-refractivity contribution in [3.63, 3.8) is 0 Å². The maximum Gasteiger partial charge on any atom is 0.415 e. The van der Waals surface area contributed by atoms with Gasteiger partial charge in [0.15, 0.2) is 5.78 Å². The molecule has 0 aliphatic carbocycles. The molecule has 0 saturated carbocycles. The van der Waals surface area contributed by atoms with Crippen LogP contribution in [-0.4, -0.2) is 39.7 Å². The second-order valence-electron chi connectivity index (χ2n) is 7.29. The number of halogens is 1. The van der Waals surface area contributed by atoms with Gasteiger partial charge < -0.3 is 19.4 Å². The molecule has 10 nitrogen and oxygen atoms in total. The minimum Gasteiger partial charge on any atom is -0.497 e. The fourth-order valence-electron chi connectivity index (χ4n) is 3.24. The summed E-state index contributed by atoms with van der Waals surface area (Å²) in [6.45, 7) is -0.232. The first kappa shape index (κ1) is 25.2. The maximum atomic E-state index is 12.9. The molecule has 186 valence electrons. The lowest BCUT2D eigenvalue weighted by Crippen LogP contribution is -2.31. The number of rotatable bonds is 10. The van der Waals surface area contributed by atoms with Crippen LogP contribution < -0.4 is 19.1 Å². The third kappa shape index (κ3) is 5.50. The number of ether oxygens (including phenoxy) is 3. The Morgan fingerprint density at radius 1 is 0.972 bits per heavy atom. The molecule has 3 aromatic carbocycles. The second-order valence-corrected chi connectivity index (χ2v) is 10.1. The van der Waals surface area contributed by atoms with Gasteiger partial charge in [0.2, 0.25) is 0 Å². The van der Waals surface area contributed by atoms with Crippen LogP contribution in [0.25, 0.3) is 0 Å². The topological polar surface area (TPSA) is 132 Å². The Balaban J connectivity index is 1.46. The Morgan fingerprint density at radius 3 is 2.42 bits per heavy atom. The van der Waals surface area contributed by atoms with Crippen molar-refractivity contribution in [3.8, 4) is 17.4 Å². The van der Waals surface area contributed by atoms with Crippen molar-refractivity contribution in [2.45, 2.75) is 9.92 Å². The van der Waals surface area contributed by atoms with Crippen LogP contribution >= 0.6 is 15.9 Å². The quantitative estimate of drug-likeness (QED) is 0.158. The zero-order valence-corrected chi connectivity index (χ0v) is 21.2. The fraction of sp³-hybridized carbons (Fsp3) is 0.125. The summed E-state index contributed by atoms with van der Waals surface area (Å²) < 4.78 is 47.2. The molecule has 0 fully saturated rings. The Kier molecular flexibility index (Phi) is 7.55. The number of nitrogens with zero attached hydrogens (tertiary/aromatic N) is 2. The molecule has 0 aliphatic heterocycles. The van der Waals surface area contributed by atoms with Crippen LogP contribution in [-0.2, 0) is 9.84 Å². The van der Waals surface area contributed by atoms with Crippen molar-refractivity contribution in [2.75, 3.05) is 20.3 Å². The SMILES string of the molecule is COc1cc(OCCOc2no[n+]([O-])c2S(=O)(=O)c2ccccc2)cc(C(=O)c2cccc(Br)c2)c1. The van der Waals surface area contributed by atoms with Gasteiger partial charge in [-0.1, -0.05) is 46.3 Å². The average molecular weight is 575 g/mol. The van der Waals surface area contributed by atoms with E-state index >= 15 is 0 Å². The van der Waals surface area contributed by atoms with Crippen molar-refractivity contribution in [2.24, 2.45) is 0 Å². The van der Waals surface area contributed by atoms with E-state index in [2.05, 4.69) is 25.7 Å². The van der Waals surface area contributed by atoms with Crippen LogP contribution in [0.4, 0.5) is 0 Å². The van der Waals surface area contributed by atoms with E-state index < -0.39 is 20.7 Å². The summed E-state index contributed by atoms with van der Waals surface area (Å²) in [4.78, 5) is 12.6. The van der Waals surface area contributed by atoms with Crippen LogP contribution in [0.15, 0.2) is 91.8 Å². The molecule has 0 atom stereocenters. The standard InChI is InChI=1S/C24H19BrN2O8S/c1-32-19-13-17(22(28)16-6-5-7-18(25)12-16)14-20(15-19)33-10-11-34-23-24(27(29)35-26-23)36(30,31)21-8-3-2-4-9-21/h2-9,12-15H,10-11H2,1H3. The number of hydrogen-bond donors (Lipinski definition) is 0. The lowest BCUT2D eigenvalue weighted by atomic mass is 10.0. The summed E-state index contributed by atoms with van der Waals surface area (Å²) in [5.41, 5.74) is 0.833. The number of methoxy groups -OCH3 is 1. The predicted octanol–water partition coefficient (Wildman–Crippen LogP) is 3.60. The number of sulfone groups is 1.